The van der Waals surface area contributed by atoms with E-state index in [1.54, 1.807) is 11.3 Å². The minimum atomic E-state index is 0.197. The minimum Gasteiger partial charge on any atom is -0.378 e. The number of thiophene rings is 1. The molecular formula is C12H15NO2S. The van der Waals surface area contributed by atoms with Gasteiger partial charge in [0, 0.05) is 18.0 Å². The second-order valence-electron chi connectivity index (χ2n) is 4.32. The third-order valence-electron chi connectivity index (χ3n) is 3.26. The summed E-state index contributed by atoms with van der Waals surface area (Å²) in [4.78, 5) is 16.4. The molecule has 0 unspecified atom stereocenters. The third-order valence-corrected chi connectivity index (χ3v) is 4.48. The van der Waals surface area contributed by atoms with E-state index in [-0.39, 0.29) is 5.91 Å². The first-order valence-electron chi connectivity index (χ1n) is 5.83. The van der Waals surface area contributed by atoms with Gasteiger partial charge < -0.3 is 9.64 Å². The summed E-state index contributed by atoms with van der Waals surface area (Å²) in [6.07, 6.45) is 3.58. The van der Waals surface area contributed by atoms with Gasteiger partial charge in [0.05, 0.1) is 18.1 Å². The van der Waals surface area contributed by atoms with Gasteiger partial charge in [-0.25, -0.2) is 0 Å². The first-order chi connectivity index (χ1) is 7.84. The Bertz CT molecular complexity index is 386. The number of carbonyl (C=O) groups excluding carboxylic acids is 1. The minimum absolute atomic E-state index is 0.197. The maximum Gasteiger partial charge on any atom is 0.264 e. The summed E-state index contributed by atoms with van der Waals surface area (Å²) >= 11 is 1.69. The fourth-order valence-electron chi connectivity index (χ4n) is 2.36. The number of hydrogen-bond donors (Lipinski definition) is 0. The van der Waals surface area contributed by atoms with Crippen molar-refractivity contribution in [2.75, 3.05) is 26.3 Å². The Morgan fingerprint density at radius 1 is 1.31 bits per heavy atom. The number of aryl methyl sites for hydroxylation is 2. The standard InChI is InChI=1S/C12H15NO2S/c14-12(13-4-6-15-7-5-13)11-8-9-2-1-3-10(9)16-11/h8H,1-7H2. The predicted molar refractivity (Wildman–Crippen MR) is 63.1 cm³/mol. The van der Waals surface area contributed by atoms with Crippen LogP contribution in [0.2, 0.25) is 0 Å². The molecule has 2 aliphatic rings. The van der Waals surface area contributed by atoms with Crippen molar-refractivity contribution >= 4 is 17.2 Å². The molecule has 3 nitrogen and oxygen atoms in total. The molecule has 1 fully saturated rings. The molecule has 3 rings (SSSR count). The van der Waals surface area contributed by atoms with E-state index in [4.69, 9.17) is 4.74 Å². The zero-order chi connectivity index (χ0) is 11.0. The van der Waals surface area contributed by atoms with Crippen LogP contribution < -0.4 is 0 Å². The van der Waals surface area contributed by atoms with E-state index in [1.165, 1.54) is 16.9 Å². The zero-order valence-corrected chi connectivity index (χ0v) is 10.0. The molecule has 0 radical (unpaired) electrons. The number of hydrogen-bond acceptors (Lipinski definition) is 3. The van der Waals surface area contributed by atoms with Crippen LogP contribution in [0.1, 0.15) is 26.5 Å². The fourth-order valence-corrected chi connectivity index (χ4v) is 3.58. The molecule has 1 aliphatic heterocycles. The van der Waals surface area contributed by atoms with Crippen LogP contribution >= 0.6 is 11.3 Å². The number of amides is 1. The van der Waals surface area contributed by atoms with Crippen LogP contribution in [0, 0.1) is 0 Å². The molecule has 0 aromatic carbocycles. The molecule has 1 aliphatic carbocycles. The average molecular weight is 237 g/mol. The van der Waals surface area contributed by atoms with E-state index >= 15 is 0 Å². The predicted octanol–water partition coefficient (Wildman–Crippen LogP) is 1.71. The van der Waals surface area contributed by atoms with Gasteiger partial charge in [0.1, 0.15) is 0 Å². The molecule has 16 heavy (non-hydrogen) atoms. The van der Waals surface area contributed by atoms with Crippen molar-refractivity contribution in [1.29, 1.82) is 0 Å². The molecule has 1 aromatic rings. The van der Waals surface area contributed by atoms with Crippen LogP contribution in [-0.4, -0.2) is 37.1 Å². The summed E-state index contributed by atoms with van der Waals surface area (Å²) in [7, 11) is 0. The highest BCUT2D eigenvalue weighted by atomic mass is 32.1. The van der Waals surface area contributed by atoms with E-state index in [1.807, 2.05) is 4.90 Å². The van der Waals surface area contributed by atoms with Crippen LogP contribution in [-0.2, 0) is 17.6 Å². The van der Waals surface area contributed by atoms with Gasteiger partial charge in [-0.2, -0.15) is 0 Å². The van der Waals surface area contributed by atoms with Gasteiger partial charge >= 0.3 is 0 Å². The highest BCUT2D eigenvalue weighted by Crippen LogP contribution is 2.31. The molecule has 1 aromatic heterocycles. The van der Waals surface area contributed by atoms with Crippen molar-refractivity contribution in [3.63, 3.8) is 0 Å². The van der Waals surface area contributed by atoms with Crippen molar-refractivity contribution in [2.45, 2.75) is 19.3 Å². The summed E-state index contributed by atoms with van der Waals surface area (Å²) < 4.78 is 5.26. The SMILES string of the molecule is O=C(c1cc2c(s1)CCC2)N1CCOCC1. The second-order valence-corrected chi connectivity index (χ2v) is 5.45. The van der Waals surface area contributed by atoms with Crippen LogP contribution in [0.25, 0.3) is 0 Å². The Hall–Kier alpha value is -0.870. The average Bonchev–Trinajstić information content (AvgIpc) is 2.89. The summed E-state index contributed by atoms with van der Waals surface area (Å²) in [6.45, 7) is 2.83. The normalized spacial score (nSPS) is 19.9. The lowest BCUT2D eigenvalue weighted by atomic mass is 10.2. The maximum atomic E-state index is 12.2. The smallest absolute Gasteiger partial charge is 0.264 e. The lowest BCUT2D eigenvalue weighted by molar-refractivity contribution is 0.0306. The molecule has 0 bridgehead atoms. The number of ether oxygens (including phenoxy) is 1. The molecule has 4 heteroatoms. The number of carbonyl (C=O) groups is 1. The topological polar surface area (TPSA) is 29.5 Å². The number of rotatable bonds is 1. The van der Waals surface area contributed by atoms with Crippen LogP contribution in [0.3, 0.4) is 0 Å². The largest absolute Gasteiger partial charge is 0.378 e. The van der Waals surface area contributed by atoms with Crippen molar-refractivity contribution < 1.29 is 9.53 Å². The van der Waals surface area contributed by atoms with E-state index in [0.717, 1.165) is 30.8 Å². The molecule has 0 saturated carbocycles. The number of morpholine rings is 1. The third kappa shape index (κ3) is 1.76. The van der Waals surface area contributed by atoms with Crippen LogP contribution in [0.5, 0.6) is 0 Å². The summed E-state index contributed by atoms with van der Waals surface area (Å²) in [5.41, 5.74) is 1.40. The molecule has 0 atom stereocenters. The summed E-state index contributed by atoms with van der Waals surface area (Å²) in [5, 5.41) is 0. The zero-order valence-electron chi connectivity index (χ0n) is 9.20. The first kappa shape index (κ1) is 10.3. The van der Waals surface area contributed by atoms with E-state index in [0.29, 0.717) is 13.2 Å². The molecule has 86 valence electrons. The summed E-state index contributed by atoms with van der Waals surface area (Å²) in [5.74, 6) is 0.197. The Morgan fingerprint density at radius 3 is 2.88 bits per heavy atom. The lowest BCUT2D eigenvalue weighted by Crippen LogP contribution is -2.40. The molecule has 2 heterocycles. The van der Waals surface area contributed by atoms with Crippen molar-refractivity contribution in [2.24, 2.45) is 0 Å². The highest BCUT2D eigenvalue weighted by molar-refractivity contribution is 7.14. The molecule has 0 N–H and O–H groups in total. The highest BCUT2D eigenvalue weighted by Gasteiger charge is 2.23. The van der Waals surface area contributed by atoms with Crippen molar-refractivity contribution in [3.8, 4) is 0 Å². The summed E-state index contributed by atoms with van der Waals surface area (Å²) in [6, 6.07) is 2.10. The number of nitrogens with zero attached hydrogens (tertiary/aromatic N) is 1. The lowest BCUT2D eigenvalue weighted by Gasteiger charge is -2.26. The van der Waals surface area contributed by atoms with E-state index < -0.39 is 0 Å². The van der Waals surface area contributed by atoms with Crippen molar-refractivity contribution in [3.05, 3.63) is 21.4 Å². The maximum absolute atomic E-state index is 12.2. The van der Waals surface area contributed by atoms with Gasteiger partial charge in [0.2, 0.25) is 0 Å². The Morgan fingerprint density at radius 2 is 2.12 bits per heavy atom. The number of fused-ring (bicyclic) bond motifs is 1. The first-order valence-corrected chi connectivity index (χ1v) is 6.65. The van der Waals surface area contributed by atoms with Crippen LogP contribution in [0.4, 0.5) is 0 Å². The fraction of sp³-hybridized carbons (Fsp3) is 0.583. The second kappa shape index (κ2) is 4.18. The van der Waals surface area contributed by atoms with Gasteiger partial charge in [-0.3, -0.25) is 4.79 Å². The van der Waals surface area contributed by atoms with E-state index in [2.05, 4.69) is 6.07 Å². The Balaban J connectivity index is 1.78. The molecular weight excluding hydrogens is 222 g/mol. The van der Waals surface area contributed by atoms with Gasteiger partial charge in [-0.05, 0) is 30.9 Å². The van der Waals surface area contributed by atoms with Crippen molar-refractivity contribution in [1.82, 2.24) is 4.90 Å². The molecule has 1 saturated heterocycles. The van der Waals surface area contributed by atoms with Gasteiger partial charge in [0.15, 0.2) is 0 Å². The monoisotopic (exact) mass is 237 g/mol. The quantitative estimate of drug-likeness (QED) is 0.744. The molecule has 1 amide bonds. The van der Waals surface area contributed by atoms with Gasteiger partial charge in [-0.1, -0.05) is 0 Å². The Kier molecular flexibility index (Phi) is 2.69. The Labute approximate surface area is 99.0 Å². The van der Waals surface area contributed by atoms with Gasteiger partial charge in [-0.15, -0.1) is 11.3 Å². The molecule has 0 spiro atoms. The van der Waals surface area contributed by atoms with Gasteiger partial charge in [0.25, 0.3) is 5.91 Å². The van der Waals surface area contributed by atoms with E-state index in [9.17, 15) is 4.79 Å². The van der Waals surface area contributed by atoms with Crippen LogP contribution in [0.15, 0.2) is 6.07 Å².